The summed E-state index contributed by atoms with van der Waals surface area (Å²) in [6, 6.07) is 11.5. The summed E-state index contributed by atoms with van der Waals surface area (Å²) in [5.74, 6) is -0.203. The Morgan fingerprint density at radius 1 is 1.27 bits per heavy atom. The van der Waals surface area contributed by atoms with Gasteiger partial charge in [0, 0.05) is 30.9 Å². The van der Waals surface area contributed by atoms with Crippen LogP contribution in [0.1, 0.15) is 11.3 Å². The van der Waals surface area contributed by atoms with Gasteiger partial charge in [-0.15, -0.1) is 11.3 Å². The number of nitrogens with one attached hydrogen (secondary N) is 1. The van der Waals surface area contributed by atoms with Crippen LogP contribution in [0, 0.1) is 0 Å². The van der Waals surface area contributed by atoms with Crippen molar-refractivity contribution in [2.24, 2.45) is 5.16 Å². The van der Waals surface area contributed by atoms with Crippen LogP contribution >= 0.6 is 22.9 Å². The van der Waals surface area contributed by atoms with Gasteiger partial charge in [-0.2, -0.15) is 0 Å². The van der Waals surface area contributed by atoms with Crippen molar-refractivity contribution in [3.05, 3.63) is 45.6 Å². The van der Waals surface area contributed by atoms with E-state index >= 15 is 0 Å². The Morgan fingerprint density at radius 2 is 2.12 bits per heavy atom. The van der Waals surface area contributed by atoms with Gasteiger partial charge >= 0.3 is 0 Å². The lowest BCUT2D eigenvalue weighted by molar-refractivity contribution is -0.125. The van der Waals surface area contributed by atoms with Gasteiger partial charge in [0.1, 0.15) is 5.71 Å². The molecule has 1 atom stereocenters. The summed E-state index contributed by atoms with van der Waals surface area (Å²) >= 11 is 7.38. The maximum Gasteiger partial charge on any atom is 0.268 e. The molecule has 2 aromatic rings. The van der Waals surface area contributed by atoms with Gasteiger partial charge in [0.25, 0.3) is 5.91 Å². The summed E-state index contributed by atoms with van der Waals surface area (Å²) in [4.78, 5) is 21.0. The van der Waals surface area contributed by atoms with Gasteiger partial charge in [-0.3, -0.25) is 4.79 Å². The third kappa shape index (κ3) is 3.85. The maximum absolute atomic E-state index is 12.5. The Morgan fingerprint density at radius 3 is 2.88 bits per heavy atom. The van der Waals surface area contributed by atoms with Crippen LogP contribution in [-0.4, -0.2) is 44.0 Å². The normalized spacial score (nSPS) is 19.8. The molecule has 2 aliphatic rings. The molecule has 1 fully saturated rings. The molecule has 1 amide bonds. The van der Waals surface area contributed by atoms with E-state index in [2.05, 4.69) is 15.4 Å². The molecule has 1 saturated heterocycles. The number of oxime groups is 1. The van der Waals surface area contributed by atoms with Crippen molar-refractivity contribution in [3.8, 4) is 0 Å². The van der Waals surface area contributed by atoms with Gasteiger partial charge in [-0.05, 0) is 30.3 Å². The van der Waals surface area contributed by atoms with Crippen LogP contribution in [0.5, 0.6) is 0 Å². The molecule has 1 N–H and O–H groups in total. The highest BCUT2D eigenvalue weighted by Gasteiger charge is 2.29. The van der Waals surface area contributed by atoms with Crippen LogP contribution < -0.4 is 10.2 Å². The molecule has 3 heterocycles. The molecule has 0 radical (unpaired) electrons. The number of hydrogen-bond donors (Lipinski definition) is 1. The first-order chi connectivity index (χ1) is 12.7. The summed E-state index contributed by atoms with van der Waals surface area (Å²) in [6.07, 6.45) is -0.191. The number of halogens is 1. The number of anilines is 2. The Labute approximate surface area is 160 Å². The van der Waals surface area contributed by atoms with E-state index in [0.717, 1.165) is 48.3 Å². The van der Waals surface area contributed by atoms with Crippen molar-refractivity contribution < 1.29 is 14.4 Å². The molecular weight excluding hydrogens is 374 g/mol. The first kappa shape index (κ1) is 17.3. The van der Waals surface area contributed by atoms with Gasteiger partial charge < -0.3 is 19.8 Å². The lowest BCUT2D eigenvalue weighted by Crippen LogP contribution is -2.36. The van der Waals surface area contributed by atoms with Crippen molar-refractivity contribution in [3.63, 3.8) is 0 Å². The van der Waals surface area contributed by atoms with Crippen LogP contribution in [0.15, 0.2) is 41.6 Å². The fourth-order valence-corrected chi connectivity index (χ4v) is 3.99. The third-order valence-electron chi connectivity index (χ3n) is 4.31. The van der Waals surface area contributed by atoms with E-state index in [-0.39, 0.29) is 5.91 Å². The second-order valence-electron chi connectivity index (χ2n) is 6.08. The minimum absolute atomic E-state index is 0.203. The van der Waals surface area contributed by atoms with E-state index < -0.39 is 6.10 Å². The minimum Gasteiger partial charge on any atom is -0.382 e. The molecule has 0 spiro atoms. The number of carbonyl (C=O) groups excluding carboxylic acids is 1. The average Bonchev–Trinajstić information content (AvgIpc) is 3.32. The van der Waals surface area contributed by atoms with Gasteiger partial charge in [-0.1, -0.05) is 22.8 Å². The molecule has 0 saturated carbocycles. The Hall–Kier alpha value is -2.09. The molecule has 136 valence electrons. The summed E-state index contributed by atoms with van der Waals surface area (Å²) < 4.78 is 6.07. The number of rotatable bonds is 4. The Kier molecular flexibility index (Phi) is 5.10. The average molecular weight is 392 g/mol. The van der Waals surface area contributed by atoms with Crippen molar-refractivity contribution >= 4 is 45.9 Å². The van der Waals surface area contributed by atoms with E-state index in [1.54, 1.807) is 0 Å². The predicted octanol–water partition coefficient (Wildman–Crippen LogP) is 3.37. The number of morpholine rings is 1. The first-order valence-corrected chi connectivity index (χ1v) is 9.60. The third-order valence-corrected chi connectivity index (χ3v) is 5.59. The van der Waals surface area contributed by atoms with E-state index in [0.29, 0.717) is 10.8 Å². The van der Waals surface area contributed by atoms with Crippen LogP contribution in [-0.2, 0) is 14.4 Å². The molecule has 8 heteroatoms. The molecule has 4 rings (SSSR count). The highest BCUT2D eigenvalue weighted by Crippen LogP contribution is 2.27. The van der Waals surface area contributed by atoms with Gasteiger partial charge in [0.15, 0.2) is 0 Å². The molecule has 2 aliphatic heterocycles. The van der Waals surface area contributed by atoms with Gasteiger partial charge in [0.2, 0.25) is 6.10 Å². The molecule has 26 heavy (non-hydrogen) atoms. The molecule has 6 nitrogen and oxygen atoms in total. The highest BCUT2D eigenvalue weighted by molar-refractivity contribution is 7.18. The topological polar surface area (TPSA) is 63.2 Å². The van der Waals surface area contributed by atoms with Gasteiger partial charge in [-0.25, -0.2) is 0 Å². The predicted molar refractivity (Wildman–Crippen MR) is 103 cm³/mol. The van der Waals surface area contributed by atoms with Crippen molar-refractivity contribution in [2.75, 3.05) is 36.5 Å². The largest absolute Gasteiger partial charge is 0.382 e. The van der Waals surface area contributed by atoms with E-state index in [9.17, 15) is 4.79 Å². The number of thiophene rings is 1. The van der Waals surface area contributed by atoms with Crippen molar-refractivity contribution in [1.29, 1.82) is 0 Å². The van der Waals surface area contributed by atoms with Crippen LogP contribution in [0.3, 0.4) is 0 Å². The van der Waals surface area contributed by atoms with E-state index in [4.69, 9.17) is 21.2 Å². The first-order valence-electron chi connectivity index (χ1n) is 8.41. The zero-order valence-corrected chi connectivity index (χ0v) is 15.6. The fraction of sp³-hybridized carbons (Fsp3) is 0.333. The number of nitrogens with zero attached hydrogens (tertiary/aromatic N) is 2. The van der Waals surface area contributed by atoms with Crippen LogP contribution in [0.4, 0.5) is 11.4 Å². The molecule has 1 unspecified atom stereocenters. The van der Waals surface area contributed by atoms with Crippen molar-refractivity contribution in [1.82, 2.24) is 0 Å². The van der Waals surface area contributed by atoms with E-state index in [1.807, 2.05) is 36.4 Å². The van der Waals surface area contributed by atoms with Crippen molar-refractivity contribution in [2.45, 2.75) is 12.5 Å². The summed E-state index contributed by atoms with van der Waals surface area (Å²) in [7, 11) is 0. The SMILES string of the molecule is O=C(Nc1cccc(N2CCOCC2)c1)C1CC(c2ccc(Cl)s2)=NO1. The number of carbonyl (C=O) groups is 1. The molecule has 1 aromatic carbocycles. The second-order valence-corrected chi connectivity index (χ2v) is 7.79. The maximum atomic E-state index is 12.5. The second kappa shape index (κ2) is 7.65. The Bertz CT molecular complexity index is 833. The smallest absolute Gasteiger partial charge is 0.268 e. The summed E-state index contributed by atoms with van der Waals surface area (Å²) in [6.45, 7) is 3.14. The molecule has 0 bridgehead atoms. The lowest BCUT2D eigenvalue weighted by Gasteiger charge is -2.29. The molecule has 0 aliphatic carbocycles. The standard InChI is InChI=1S/C18H18ClN3O3S/c19-17-5-4-16(26-17)14-11-15(25-21-14)18(23)20-12-2-1-3-13(10-12)22-6-8-24-9-7-22/h1-5,10,15H,6-9,11H2,(H,20,23). The minimum atomic E-state index is -0.627. The monoisotopic (exact) mass is 391 g/mol. The molecule has 1 aromatic heterocycles. The van der Waals surface area contributed by atoms with Crippen LogP contribution in [0.25, 0.3) is 0 Å². The molecular formula is C18H18ClN3O3S. The van der Waals surface area contributed by atoms with Crippen LogP contribution in [0.2, 0.25) is 4.34 Å². The highest BCUT2D eigenvalue weighted by atomic mass is 35.5. The Balaban J connectivity index is 1.38. The number of benzene rings is 1. The quantitative estimate of drug-likeness (QED) is 0.867. The number of amides is 1. The zero-order chi connectivity index (χ0) is 17.9. The number of ether oxygens (including phenoxy) is 1. The zero-order valence-electron chi connectivity index (χ0n) is 14.0. The van der Waals surface area contributed by atoms with Gasteiger partial charge in [0.05, 0.1) is 22.4 Å². The lowest BCUT2D eigenvalue weighted by atomic mass is 10.1. The van der Waals surface area contributed by atoms with E-state index in [1.165, 1.54) is 11.3 Å². The summed E-state index contributed by atoms with van der Waals surface area (Å²) in [5, 5.41) is 6.96. The number of hydrogen-bond acceptors (Lipinski definition) is 6. The summed E-state index contributed by atoms with van der Waals surface area (Å²) in [5.41, 5.74) is 2.57. The fourth-order valence-electron chi connectivity index (χ4n) is 2.96.